The first-order valence-corrected chi connectivity index (χ1v) is 10.7. The molecule has 6 nitrogen and oxygen atoms in total. The van der Waals surface area contributed by atoms with E-state index in [4.69, 9.17) is 4.98 Å². The number of hydrogen-bond acceptors (Lipinski definition) is 4. The molecule has 1 aromatic carbocycles. The summed E-state index contributed by atoms with van der Waals surface area (Å²) in [6.07, 6.45) is 5.50. The van der Waals surface area contributed by atoms with E-state index in [0.717, 1.165) is 47.0 Å². The van der Waals surface area contributed by atoms with Gasteiger partial charge in [0, 0.05) is 30.8 Å². The molecule has 154 valence electrons. The van der Waals surface area contributed by atoms with Crippen LogP contribution in [-0.2, 0) is 5.54 Å². The number of carbonyl (C=O) groups is 1. The van der Waals surface area contributed by atoms with Crippen molar-refractivity contribution in [2.24, 2.45) is 0 Å². The molecule has 2 aromatic heterocycles. The van der Waals surface area contributed by atoms with Gasteiger partial charge in [0.05, 0.1) is 23.1 Å². The van der Waals surface area contributed by atoms with Crippen LogP contribution in [0.3, 0.4) is 0 Å². The van der Waals surface area contributed by atoms with E-state index in [1.807, 2.05) is 54.5 Å². The number of piperidine rings is 1. The Balaban J connectivity index is 1.46. The second-order valence-electron chi connectivity index (χ2n) is 8.73. The maximum absolute atomic E-state index is 13.0. The van der Waals surface area contributed by atoms with Gasteiger partial charge in [-0.25, -0.2) is 9.97 Å². The van der Waals surface area contributed by atoms with Crippen LogP contribution in [0.25, 0.3) is 5.82 Å². The van der Waals surface area contributed by atoms with Crippen molar-refractivity contribution < 1.29 is 4.79 Å². The monoisotopic (exact) mass is 401 g/mol. The molecule has 2 aliphatic heterocycles. The fourth-order valence-corrected chi connectivity index (χ4v) is 4.68. The average molecular weight is 402 g/mol. The van der Waals surface area contributed by atoms with Crippen LogP contribution < -0.4 is 5.32 Å². The van der Waals surface area contributed by atoms with E-state index in [2.05, 4.69) is 34.8 Å². The van der Waals surface area contributed by atoms with Crippen molar-refractivity contribution in [2.75, 3.05) is 18.4 Å². The number of pyridine rings is 1. The second-order valence-corrected chi connectivity index (χ2v) is 8.73. The van der Waals surface area contributed by atoms with Crippen LogP contribution in [0.5, 0.6) is 0 Å². The zero-order valence-electron chi connectivity index (χ0n) is 17.7. The van der Waals surface area contributed by atoms with E-state index in [1.54, 1.807) is 0 Å². The molecule has 0 unspecified atom stereocenters. The van der Waals surface area contributed by atoms with Gasteiger partial charge in [-0.15, -0.1) is 0 Å². The lowest BCUT2D eigenvalue weighted by Gasteiger charge is -2.45. The van der Waals surface area contributed by atoms with Gasteiger partial charge in [-0.3, -0.25) is 9.36 Å². The van der Waals surface area contributed by atoms with Gasteiger partial charge in [-0.1, -0.05) is 31.5 Å². The van der Waals surface area contributed by atoms with Crippen molar-refractivity contribution in [3.63, 3.8) is 0 Å². The zero-order valence-corrected chi connectivity index (χ0v) is 17.7. The highest BCUT2D eigenvalue weighted by atomic mass is 16.2. The highest BCUT2D eigenvalue weighted by Gasteiger charge is 2.44. The predicted molar refractivity (Wildman–Crippen MR) is 117 cm³/mol. The fraction of sp³-hybridized carbons (Fsp3) is 0.375. The summed E-state index contributed by atoms with van der Waals surface area (Å²) < 4.78 is 2.23. The minimum atomic E-state index is -0.236. The zero-order chi connectivity index (χ0) is 20.9. The molecule has 1 saturated heterocycles. The lowest BCUT2D eigenvalue weighted by atomic mass is 9.82. The Morgan fingerprint density at radius 1 is 1.10 bits per heavy atom. The lowest BCUT2D eigenvalue weighted by molar-refractivity contribution is 0.0676. The first-order chi connectivity index (χ1) is 14.5. The number of carbonyl (C=O) groups excluding carboxylic acids is 1. The van der Waals surface area contributed by atoms with E-state index in [1.165, 1.54) is 0 Å². The van der Waals surface area contributed by atoms with E-state index < -0.39 is 0 Å². The van der Waals surface area contributed by atoms with E-state index in [0.29, 0.717) is 19.0 Å². The number of aromatic nitrogens is 3. The topological polar surface area (TPSA) is 63.1 Å². The fourth-order valence-electron chi connectivity index (χ4n) is 4.68. The smallest absolute Gasteiger partial charge is 0.253 e. The van der Waals surface area contributed by atoms with Crippen LogP contribution in [0.4, 0.5) is 5.69 Å². The number of rotatable bonds is 2. The Bertz CT molecular complexity index is 1090. The maximum Gasteiger partial charge on any atom is 0.253 e. The van der Waals surface area contributed by atoms with E-state index in [9.17, 15) is 4.79 Å². The summed E-state index contributed by atoms with van der Waals surface area (Å²) in [7, 11) is 0. The quantitative estimate of drug-likeness (QED) is 0.697. The summed E-state index contributed by atoms with van der Waals surface area (Å²) >= 11 is 0. The molecule has 5 rings (SSSR count). The van der Waals surface area contributed by atoms with Gasteiger partial charge in [0.25, 0.3) is 5.91 Å². The van der Waals surface area contributed by atoms with Crippen molar-refractivity contribution >= 4 is 11.6 Å². The molecule has 0 aliphatic carbocycles. The molecule has 30 heavy (non-hydrogen) atoms. The highest BCUT2D eigenvalue weighted by Crippen LogP contribution is 2.44. The molecule has 1 spiro atoms. The SMILES string of the molecule is Cc1ccc(C(=O)N2CCC3(CC2)Nc2cccnc2-n2c3cnc2C(C)C)cc1. The number of hydrogen-bond donors (Lipinski definition) is 1. The third-order valence-corrected chi connectivity index (χ3v) is 6.37. The highest BCUT2D eigenvalue weighted by molar-refractivity contribution is 5.94. The standard InChI is InChI=1S/C24H27N5O/c1-16(2)21-26-15-20-24(27-19-5-4-12-25-22(19)29(20)21)10-13-28(14-11-24)23(30)18-8-6-17(3)7-9-18/h4-9,12,15-16,27H,10-11,13-14H2,1-3H3. The van der Waals surface area contributed by atoms with Gasteiger partial charge >= 0.3 is 0 Å². The molecule has 3 aromatic rings. The normalized spacial score (nSPS) is 16.9. The van der Waals surface area contributed by atoms with Gasteiger partial charge in [-0.05, 0) is 44.0 Å². The molecule has 4 heterocycles. The average Bonchev–Trinajstić information content (AvgIpc) is 3.21. The number of nitrogens with one attached hydrogen (secondary N) is 1. The maximum atomic E-state index is 13.0. The molecule has 0 saturated carbocycles. The number of fused-ring (bicyclic) bond motifs is 4. The van der Waals surface area contributed by atoms with Gasteiger partial charge in [0.2, 0.25) is 0 Å². The summed E-state index contributed by atoms with van der Waals surface area (Å²) in [5.74, 6) is 2.35. The number of aryl methyl sites for hydroxylation is 1. The van der Waals surface area contributed by atoms with Gasteiger partial charge in [-0.2, -0.15) is 0 Å². The largest absolute Gasteiger partial charge is 0.371 e. The molecule has 0 bridgehead atoms. The first-order valence-electron chi connectivity index (χ1n) is 10.7. The minimum absolute atomic E-state index is 0.110. The van der Waals surface area contributed by atoms with Crippen molar-refractivity contribution in [1.29, 1.82) is 0 Å². The van der Waals surface area contributed by atoms with Crippen LogP contribution >= 0.6 is 0 Å². The van der Waals surface area contributed by atoms with E-state index >= 15 is 0 Å². The van der Waals surface area contributed by atoms with Crippen LogP contribution in [0.2, 0.25) is 0 Å². The number of benzene rings is 1. The first kappa shape index (κ1) is 18.9. The van der Waals surface area contributed by atoms with Gasteiger partial charge in [0.1, 0.15) is 5.82 Å². The Kier molecular flexibility index (Phi) is 4.38. The molecule has 1 N–H and O–H groups in total. The van der Waals surface area contributed by atoms with Crippen molar-refractivity contribution in [3.8, 4) is 5.82 Å². The lowest BCUT2D eigenvalue weighted by Crippen LogP contribution is -2.51. The van der Waals surface area contributed by atoms with Crippen LogP contribution in [-0.4, -0.2) is 38.4 Å². The van der Waals surface area contributed by atoms with Crippen LogP contribution in [0, 0.1) is 6.92 Å². The number of imidazole rings is 1. The Morgan fingerprint density at radius 2 is 1.83 bits per heavy atom. The van der Waals surface area contributed by atoms with Crippen LogP contribution in [0.1, 0.15) is 60.0 Å². The molecule has 1 amide bonds. The number of amides is 1. The molecule has 2 aliphatic rings. The molecule has 6 heteroatoms. The molecule has 0 atom stereocenters. The Morgan fingerprint density at radius 3 is 2.53 bits per heavy atom. The van der Waals surface area contributed by atoms with Gasteiger partial charge < -0.3 is 10.2 Å². The van der Waals surface area contributed by atoms with Crippen molar-refractivity contribution in [2.45, 2.75) is 45.1 Å². The molecular formula is C24H27N5O. The third kappa shape index (κ3) is 2.90. The minimum Gasteiger partial charge on any atom is -0.371 e. The summed E-state index contributed by atoms with van der Waals surface area (Å²) in [6, 6.07) is 11.9. The van der Waals surface area contributed by atoms with E-state index in [-0.39, 0.29) is 11.4 Å². The number of nitrogens with zero attached hydrogens (tertiary/aromatic N) is 4. The summed E-state index contributed by atoms with van der Waals surface area (Å²) in [5.41, 5.74) is 3.87. The molecule has 0 radical (unpaired) electrons. The van der Waals surface area contributed by atoms with Crippen LogP contribution in [0.15, 0.2) is 48.8 Å². The Labute approximate surface area is 177 Å². The Hall–Kier alpha value is -3.15. The second kappa shape index (κ2) is 6.97. The van der Waals surface area contributed by atoms with Crippen molar-refractivity contribution in [1.82, 2.24) is 19.4 Å². The summed E-state index contributed by atoms with van der Waals surface area (Å²) in [4.78, 5) is 24.4. The summed E-state index contributed by atoms with van der Waals surface area (Å²) in [6.45, 7) is 7.77. The van der Waals surface area contributed by atoms with Crippen molar-refractivity contribution in [3.05, 3.63) is 71.4 Å². The predicted octanol–water partition coefficient (Wildman–Crippen LogP) is 4.26. The summed E-state index contributed by atoms with van der Waals surface area (Å²) in [5, 5.41) is 3.77. The number of anilines is 1. The molecule has 1 fully saturated rings. The van der Waals surface area contributed by atoms with Gasteiger partial charge in [0.15, 0.2) is 5.82 Å². The third-order valence-electron chi connectivity index (χ3n) is 6.37. The number of likely N-dealkylation sites (tertiary alicyclic amines) is 1. The molecular weight excluding hydrogens is 374 g/mol.